The van der Waals surface area contributed by atoms with Crippen LogP contribution in [0.4, 0.5) is 5.82 Å². The molecule has 3 amide bonds. The second kappa shape index (κ2) is 8.71. The Kier molecular flexibility index (Phi) is 6.04. The van der Waals surface area contributed by atoms with Gasteiger partial charge in [0.2, 0.25) is 17.7 Å². The van der Waals surface area contributed by atoms with Gasteiger partial charge in [0.05, 0.1) is 24.0 Å². The van der Waals surface area contributed by atoms with E-state index in [1.54, 1.807) is 6.20 Å². The average molecular weight is 415 g/mol. The minimum atomic E-state index is -0.324. The maximum Gasteiger partial charge on any atom is 0.240 e. The molecule has 3 heterocycles. The number of anilines is 1. The molecule has 0 radical (unpaired) electrons. The van der Waals surface area contributed by atoms with Crippen molar-refractivity contribution in [3.8, 4) is 0 Å². The fraction of sp³-hybridized carbons (Fsp3) is 0.636. The third-order valence-corrected chi connectivity index (χ3v) is 6.28. The number of ether oxygens (including phenoxy) is 1. The lowest BCUT2D eigenvalue weighted by atomic mass is 9.81. The molecule has 0 bridgehead atoms. The van der Waals surface area contributed by atoms with E-state index in [0.717, 1.165) is 55.1 Å². The van der Waals surface area contributed by atoms with Crippen molar-refractivity contribution >= 4 is 23.5 Å². The Balaban J connectivity index is 1.29. The molecule has 0 aromatic carbocycles. The normalized spacial score (nSPS) is 29.1. The molecule has 1 saturated carbocycles. The molecule has 4 atom stereocenters. The largest absolute Gasteiger partial charge is 0.372 e. The van der Waals surface area contributed by atoms with E-state index in [4.69, 9.17) is 4.74 Å². The van der Waals surface area contributed by atoms with Crippen LogP contribution in [0.5, 0.6) is 0 Å². The summed E-state index contributed by atoms with van der Waals surface area (Å²) >= 11 is 0. The number of nitrogens with zero attached hydrogens (tertiary/aromatic N) is 3. The van der Waals surface area contributed by atoms with E-state index in [2.05, 4.69) is 29.0 Å². The van der Waals surface area contributed by atoms with Gasteiger partial charge in [0.15, 0.2) is 0 Å². The number of rotatable bonds is 5. The van der Waals surface area contributed by atoms with E-state index in [0.29, 0.717) is 6.54 Å². The van der Waals surface area contributed by atoms with Crippen molar-refractivity contribution in [1.29, 1.82) is 0 Å². The molecule has 4 rings (SSSR count). The van der Waals surface area contributed by atoms with Gasteiger partial charge in [-0.05, 0) is 38.3 Å². The highest BCUT2D eigenvalue weighted by Crippen LogP contribution is 2.37. The Hall–Kier alpha value is -2.48. The molecule has 3 aliphatic rings. The molecule has 162 valence electrons. The second-order valence-corrected chi connectivity index (χ2v) is 8.72. The summed E-state index contributed by atoms with van der Waals surface area (Å²) in [5.41, 5.74) is 0.870. The van der Waals surface area contributed by atoms with Gasteiger partial charge in [0, 0.05) is 25.8 Å². The summed E-state index contributed by atoms with van der Waals surface area (Å²) < 4.78 is 5.76. The van der Waals surface area contributed by atoms with Crippen molar-refractivity contribution < 1.29 is 19.1 Å². The molecule has 2 saturated heterocycles. The van der Waals surface area contributed by atoms with Gasteiger partial charge in [0.1, 0.15) is 12.4 Å². The van der Waals surface area contributed by atoms with Crippen molar-refractivity contribution in [2.45, 2.75) is 58.3 Å². The van der Waals surface area contributed by atoms with Crippen LogP contribution in [0.1, 0.15) is 45.1 Å². The van der Waals surface area contributed by atoms with Gasteiger partial charge in [-0.2, -0.15) is 0 Å². The SMILES string of the molecule is CC1CN(c2ccc(CNC(=O)CN3C(=O)C4CCCCC4C3=O)cn2)CC(C)O1. The number of aromatic nitrogens is 1. The van der Waals surface area contributed by atoms with Gasteiger partial charge < -0.3 is 15.0 Å². The summed E-state index contributed by atoms with van der Waals surface area (Å²) in [6.45, 7) is 5.82. The van der Waals surface area contributed by atoms with E-state index in [1.165, 1.54) is 0 Å². The molecular weight excluding hydrogens is 384 g/mol. The number of hydrogen-bond donors (Lipinski definition) is 1. The van der Waals surface area contributed by atoms with Gasteiger partial charge in [-0.25, -0.2) is 4.98 Å². The standard InChI is InChI=1S/C22H30N4O4/c1-14-11-25(12-15(2)30-14)19-8-7-16(9-23-19)10-24-20(27)13-26-21(28)17-5-3-4-6-18(17)22(26)29/h7-9,14-15,17-18H,3-6,10-13H2,1-2H3,(H,24,27). The maximum atomic E-state index is 12.5. The lowest BCUT2D eigenvalue weighted by molar-refractivity contribution is -0.143. The monoisotopic (exact) mass is 414 g/mol. The van der Waals surface area contributed by atoms with Crippen LogP contribution in [0.25, 0.3) is 0 Å². The van der Waals surface area contributed by atoms with Crippen LogP contribution in [-0.4, -0.2) is 59.4 Å². The van der Waals surface area contributed by atoms with Crippen LogP contribution in [0.2, 0.25) is 0 Å². The quantitative estimate of drug-likeness (QED) is 0.734. The zero-order chi connectivity index (χ0) is 21.3. The molecule has 3 fully saturated rings. The number of morpholine rings is 1. The van der Waals surface area contributed by atoms with Crippen molar-refractivity contribution in [3.63, 3.8) is 0 Å². The number of fused-ring (bicyclic) bond motifs is 1. The molecule has 30 heavy (non-hydrogen) atoms. The van der Waals surface area contributed by atoms with Gasteiger partial charge in [0.25, 0.3) is 0 Å². The minimum Gasteiger partial charge on any atom is -0.372 e. The Morgan fingerprint density at radius 2 is 1.73 bits per heavy atom. The zero-order valence-corrected chi connectivity index (χ0v) is 17.7. The average Bonchev–Trinajstić information content (AvgIpc) is 2.97. The van der Waals surface area contributed by atoms with E-state index >= 15 is 0 Å². The number of nitrogens with one attached hydrogen (secondary N) is 1. The van der Waals surface area contributed by atoms with E-state index in [-0.39, 0.29) is 48.3 Å². The fourth-order valence-corrected chi connectivity index (χ4v) is 4.86. The van der Waals surface area contributed by atoms with Crippen molar-refractivity contribution in [1.82, 2.24) is 15.2 Å². The number of hydrogen-bond acceptors (Lipinski definition) is 6. The molecule has 1 N–H and O–H groups in total. The summed E-state index contributed by atoms with van der Waals surface area (Å²) in [7, 11) is 0. The predicted molar refractivity (Wildman–Crippen MR) is 110 cm³/mol. The Morgan fingerprint density at radius 1 is 1.10 bits per heavy atom. The van der Waals surface area contributed by atoms with Crippen LogP contribution < -0.4 is 10.2 Å². The smallest absolute Gasteiger partial charge is 0.240 e. The second-order valence-electron chi connectivity index (χ2n) is 8.72. The number of pyridine rings is 1. The van der Waals surface area contributed by atoms with Crippen LogP contribution >= 0.6 is 0 Å². The third kappa shape index (κ3) is 4.33. The lowest BCUT2D eigenvalue weighted by Crippen LogP contribution is -2.45. The van der Waals surface area contributed by atoms with Crippen LogP contribution in [0.15, 0.2) is 18.3 Å². The molecule has 8 nitrogen and oxygen atoms in total. The number of amides is 3. The Labute approximate surface area is 177 Å². The molecule has 2 aliphatic heterocycles. The van der Waals surface area contributed by atoms with Crippen LogP contribution in [-0.2, 0) is 25.7 Å². The topological polar surface area (TPSA) is 91.8 Å². The molecule has 1 aromatic heterocycles. The number of carbonyl (C=O) groups excluding carboxylic acids is 3. The van der Waals surface area contributed by atoms with Crippen molar-refractivity contribution in [2.75, 3.05) is 24.5 Å². The van der Waals surface area contributed by atoms with E-state index in [1.807, 2.05) is 12.1 Å². The lowest BCUT2D eigenvalue weighted by Gasteiger charge is -2.36. The number of carbonyl (C=O) groups is 3. The number of imide groups is 1. The first-order valence-corrected chi connectivity index (χ1v) is 10.9. The van der Waals surface area contributed by atoms with Gasteiger partial charge in [-0.1, -0.05) is 18.9 Å². The van der Waals surface area contributed by atoms with E-state index in [9.17, 15) is 14.4 Å². The molecule has 1 aromatic rings. The highest BCUT2D eigenvalue weighted by Gasteiger charge is 2.48. The van der Waals surface area contributed by atoms with Crippen molar-refractivity contribution in [2.24, 2.45) is 11.8 Å². The summed E-state index contributed by atoms with van der Waals surface area (Å²) in [6.07, 6.45) is 5.54. The Morgan fingerprint density at radius 3 is 2.30 bits per heavy atom. The van der Waals surface area contributed by atoms with Gasteiger partial charge in [-0.15, -0.1) is 0 Å². The summed E-state index contributed by atoms with van der Waals surface area (Å²) in [6, 6.07) is 3.89. The molecule has 0 spiro atoms. The summed E-state index contributed by atoms with van der Waals surface area (Å²) in [4.78, 5) is 45.2. The van der Waals surface area contributed by atoms with E-state index < -0.39 is 0 Å². The van der Waals surface area contributed by atoms with Gasteiger partial charge >= 0.3 is 0 Å². The predicted octanol–water partition coefficient (Wildman–Crippen LogP) is 1.49. The first-order chi connectivity index (χ1) is 14.4. The van der Waals surface area contributed by atoms with Crippen LogP contribution in [0.3, 0.4) is 0 Å². The first kappa shape index (κ1) is 20.8. The van der Waals surface area contributed by atoms with Crippen LogP contribution in [0, 0.1) is 11.8 Å². The molecule has 4 unspecified atom stereocenters. The maximum absolute atomic E-state index is 12.5. The fourth-order valence-electron chi connectivity index (χ4n) is 4.86. The minimum absolute atomic E-state index is 0.161. The summed E-state index contributed by atoms with van der Waals surface area (Å²) in [5, 5.41) is 2.80. The summed E-state index contributed by atoms with van der Waals surface area (Å²) in [5.74, 6) is -0.235. The number of likely N-dealkylation sites (tertiary alicyclic amines) is 1. The van der Waals surface area contributed by atoms with Gasteiger partial charge in [-0.3, -0.25) is 19.3 Å². The highest BCUT2D eigenvalue weighted by atomic mass is 16.5. The first-order valence-electron chi connectivity index (χ1n) is 10.9. The molecule has 1 aliphatic carbocycles. The zero-order valence-electron chi connectivity index (χ0n) is 17.7. The Bertz CT molecular complexity index is 778. The molecule has 8 heteroatoms. The third-order valence-electron chi connectivity index (χ3n) is 6.28. The highest BCUT2D eigenvalue weighted by molar-refractivity contribution is 6.07. The molecular formula is C22H30N4O4. The van der Waals surface area contributed by atoms with Crippen molar-refractivity contribution in [3.05, 3.63) is 23.9 Å².